The average molecular weight is 556 g/mol. The van der Waals surface area contributed by atoms with Crippen molar-refractivity contribution in [2.75, 3.05) is 0 Å². The summed E-state index contributed by atoms with van der Waals surface area (Å²) in [6.45, 7) is 2.16. The molecule has 8 aromatic rings. The number of aromatic nitrogens is 3. The zero-order chi connectivity index (χ0) is 28.1. The lowest BCUT2D eigenvalue weighted by molar-refractivity contribution is 1.11. The zero-order valence-electron chi connectivity index (χ0n) is 23.4. The van der Waals surface area contributed by atoms with Crippen molar-refractivity contribution < 1.29 is 0 Å². The first-order valence-corrected chi connectivity index (χ1v) is 16.4. The molecular formula is C38H29N3Si. The van der Waals surface area contributed by atoms with Crippen molar-refractivity contribution in [1.29, 1.82) is 0 Å². The summed E-state index contributed by atoms with van der Waals surface area (Å²) < 4.78 is 4.61. The molecule has 0 saturated carbocycles. The number of fused-ring (bicyclic) bond motifs is 5. The molecule has 0 unspecified atom stereocenters. The molecule has 3 nitrogen and oxygen atoms in total. The molecule has 4 heteroatoms. The Morgan fingerprint density at radius 1 is 0.476 bits per heavy atom. The van der Waals surface area contributed by atoms with Crippen molar-refractivity contribution >= 4 is 56.7 Å². The molecule has 0 saturated heterocycles. The fourth-order valence-corrected chi connectivity index (χ4v) is 11.4. The third kappa shape index (κ3) is 3.62. The van der Waals surface area contributed by atoms with Gasteiger partial charge in [0.15, 0.2) is 8.07 Å². The quantitative estimate of drug-likeness (QED) is 0.185. The summed E-state index contributed by atoms with van der Waals surface area (Å²) in [5.41, 5.74) is 6.80. The van der Waals surface area contributed by atoms with Gasteiger partial charge in [-0.1, -0.05) is 127 Å². The number of para-hydroxylation sites is 4. The molecule has 0 aliphatic rings. The standard InChI is InChI=1S/C38H29N3Si/c1-28-23-25-32(26-24-28)42(30-14-4-2-5-15-30,31-16-6-3-7-17-31)33-18-12-13-29(27-33)40-36-21-10-11-22-37(36)41-35-20-9-8-19-34(35)39-38(40)41/h2-27H,1H3. The van der Waals surface area contributed by atoms with Crippen molar-refractivity contribution in [2.45, 2.75) is 6.92 Å². The van der Waals surface area contributed by atoms with E-state index in [0.717, 1.165) is 33.5 Å². The SMILES string of the molecule is Cc1ccc([Si](c2ccccc2)(c2ccccc2)c2cccc(-n3c4ccccc4n4c5ccccc5nc34)c2)cc1. The lowest BCUT2D eigenvalue weighted by Crippen LogP contribution is -2.74. The molecule has 0 fully saturated rings. The highest BCUT2D eigenvalue weighted by Crippen LogP contribution is 2.29. The van der Waals surface area contributed by atoms with Crippen LogP contribution in [0.4, 0.5) is 0 Å². The molecule has 2 heterocycles. The Kier molecular flexibility index (Phi) is 5.69. The normalized spacial score (nSPS) is 11.9. The van der Waals surface area contributed by atoms with Crippen LogP contribution in [-0.2, 0) is 0 Å². The fraction of sp³-hybridized carbons (Fsp3) is 0.0263. The minimum Gasteiger partial charge on any atom is -0.278 e. The van der Waals surface area contributed by atoms with Crippen LogP contribution in [0, 0.1) is 6.92 Å². The van der Waals surface area contributed by atoms with Crippen molar-refractivity contribution in [3.05, 3.63) is 163 Å². The van der Waals surface area contributed by atoms with Crippen LogP contribution in [0.2, 0.25) is 0 Å². The first-order valence-electron chi connectivity index (χ1n) is 14.4. The third-order valence-electron chi connectivity index (χ3n) is 8.54. The molecule has 8 rings (SSSR count). The minimum absolute atomic E-state index is 0.927. The van der Waals surface area contributed by atoms with Gasteiger partial charge in [0.2, 0.25) is 5.78 Å². The van der Waals surface area contributed by atoms with Crippen LogP contribution < -0.4 is 20.7 Å². The van der Waals surface area contributed by atoms with Gasteiger partial charge >= 0.3 is 0 Å². The van der Waals surface area contributed by atoms with Crippen LogP contribution in [0.5, 0.6) is 0 Å². The summed E-state index contributed by atoms with van der Waals surface area (Å²) in [4.78, 5) is 5.14. The van der Waals surface area contributed by atoms with E-state index in [4.69, 9.17) is 4.98 Å². The van der Waals surface area contributed by atoms with Gasteiger partial charge in [0.25, 0.3) is 0 Å². The monoisotopic (exact) mass is 555 g/mol. The predicted molar refractivity (Wildman–Crippen MR) is 178 cm³/mol. The van der Waals surface area contributed by atoms with Gasteiger partial charge in [-0.05, 0) is 64.1 Å². The molecule has 0 atom stereocenters. The lowest BCUT2D eigenvalue weighted by atomic mass is 10.2. The van der Waals surface area contributed by atoms with E-state index in [1.165, 1.54) is 26.3 Å². The summed E-state index contributed by atoms with van der Waals surface area (Å²) in [6, 6.07) is 57.6. The van der Waals surface area contributed by atoms with Crippen LogP contribution in [0.3, 0.4) is 0 Å². The van der Waals surface area contributed by atoms with Gasteiger partial charge in [0.1, 0.15) is 0 Å². The van der Waals surface area contributed by atoms with E-state index in [1.807, 2.05) is 0 Å². The number of hydrogen-bond donors (Lipinski definition) is 0. The molecule has 0 aliphatic carbocycles. The number of aryl methyl sites for hydroxylation is 1. The first kappa shape index (κ1) is 24.6. The zero-order valence-corrected chi connectivity index (χ0v) is 24.4. The van der Waals surface area contributed by atoms with E-state index in [1.54, 1.807) is 0 Å². The summed E-state index contributed by atoms with van der Waals surface area (Å²) in [5, 5.41) is 5.45. The molecule has 0 bridgehead atoms. The molecule has 200 valence electrons. The Morgan fingerprint density at radius 2 is 1.02 bits per heavy atom. The van der Waals surface area contributed by atoms with Crippen molar-refractivity contribution in [2.24, 2.45) is 0 Å². The van der Waals surface area contributed by atoms with Gasteiger partial charge in [0, 0.05) is 5.69 Å². The highest BCUT2D eigenvalue weighted by molar-refractivity contribution is 7.19. The summed E-state index contributed by atoms with van der Waals surface area (Å²) in [5.74, 6) is 0.927. The molecule has 0 aliphatic heterocycles. The van der Waals surface area contributed by atoms with E-state index in [9.17, 15) is 0 Å². The van der Waals surface area contributed by atoms with Gasteiger partial charge in [-0.25, -0.2) is 4.98 Å². The largest absolute Gasteiger partial charge is 0.278 e. The topological polar surface area (TPSA) is 22.2 Å². The lowest BCUT2D eigenvalue weighted by Gasteiger charge is -2.34. The van der Waals surface area contributed by atoms with Crippen LogP contribution in [0.1, 0.15) is 5.56 Å². The average Bonchev–Trinajstić information content (AvgIpc) is 3.58. The maximum Gasteiger partial charge on any atom is 0.220 e. The second-order valence-corrected chi connectivity index (χ2v) is 14.8. The highest BCUT2D eigenvalue weighted by atomic mass is 28.3. The highest BCUT2D eigenvalue weighted by Gasteiger charge is 2.41. The van der Waals surface area contributed by atoms with E-state index in [-0.39, 0.29) is 0 Å². The molecule has 2 aromatic heterocycles. The van der Waals surface area contributed by atoms with Crippen LogP contribution in [-0.4, -0.2) is 22.0 Å². The number of benzene rings is 6. The molecule has 6 aromatic carbocycles. The third-order valence-corrected chi connectivity index (χ3v) is 13.3. The van der Waals surface area contributed by atoms with E-state index >= 15 is 0 Å². The summed E-state index contributed by atoms with van der Waals surface area (Å²) in [7, 11) is -2.67. The number of imidazole rings is 2. The first-order chi connectivity index (χ1) is 20.7. The summed E-state index contributed by atoms with van der Waals surface area (Å²) >= 11 is 0. The Morgan fingerprint density at radius 3 is 1.71 bits per heavy atom. The van der Waals surface area contributed by atoms with Crippen LogP contribution >= 0.6 is 0 Å². The minimum atomic E-state index is -2.67. The molecule has 0 N–H and O–H groups in total. The maximum atomic E-state index is 5.14. The van der Waals surface area contributed by atoms with Gasteiger partial charge in [0.05, 0.1) is 22.1 Å². The second kappa shape index (κ2) is 9.72. The fourth-order valence-electron chi connectivity index (χ4n) is 6.66. The predicted octanol–water partition coefficient (Wildman–Crippen LogP) is 6.12. The van der Waals surface area contributed by atoms with Gasteiger partial charge in [-0.2, -0.15) is 0 Å². The van der Waals surface area contributed by atoms with Crippen LogP contribution in [0.25, 0.3) is 33.5 Å². The van der Waals surface area contributed by atoms with Gasteiger partial charge in [-0.15, -0.1) is 0 Å². The van der Waals surface area contributed by atoms with Crippen molar-refractivity contribution in [3.63, 3.8) is 0 Å². The van der Waals surface area contributed by atoms with E-state index in [2.05, 4.69) is 174 Å². The molecule has 0 spiro atoms. The molecule has 42 heavy (non-hydrogen) atoms. The summed E-state index contributed by atoms with van der Waals surface area (Å²) in [6.07, 6.45) is 0. The smallest absolute Gasteiger partial charge is 0.220 e. The molecule has 0 amide bonds. The Hall–Kier alpha value is -5.19. The second-order valence-electron chi connectivity index (χ2n) is 11.0. The Labute approximate surface area is 246 Å². The van der Waals surface area contributed by atoms with Crippen molar-refractivity contribution in [1.82, 2.24) is 14.0 Å². The molecular weight excluding hydrogens is 527 g/mol. The van der Waals surface area contributed by atoms with E-state index in [0.29, 0.717) is 0 Å². The Bertz CT molecular complexity index is 2150. The number of nitrogens with zero attached hydrogens (tertiary/aromatic N) is 3. The van der Waals surface area contributed by atoms with E-state index < -0.39 is 8.07 Å². The maximum absolute atomic E-state index is 5.14. The van der Waals surface area contributed by atoms with Crippen molar-refractivity contribution in [3.8, 4) is 5.69 Å². The van der Waals surface area contributed by atoms with Gasteiger partial charge < -0.3 is 0 Å². The number of hydrogen-bond acceptors (Lipinski definition) is 1. The van der Waals surface area contributed by atoms with Gasteiger partial charge in [-0.3, -0.25) is 8.97 Å². The number of rotatable bonds is 5. The Balaban J connectivity index is 1.47. The van der Waals surface area contributed by atoms with Crippen LogP contribution in [0.15, 0.2) is 158 Å². The molecule has 0 radical (unpaired) electrons.